The van der Waals surface area contributed by atoms with Crippen LogP contribution in [0.4, 0.5) is 4.39 Å². The van der Waals surface area contributed by atoms with Gasteiger partial charge in [0.15, 0.2) is 0 Å². The van der Waals surface area contributed by atoms with E-state index in [1.54, 1.807) is 38.2 Å². The lowest BCUT2D eigenvalue weighted by molar-refractivity contribution is 0.198. The third-order valence-electron chi connectivity index (χ3n) is 2.59. The highest BCUT2D eigenvalue weighted by atomic mass is 19.1. The Morgan fingerprint density at radius 2 is 2.06 bits per heavy atom. The lowest BCUT2D eigenvalue weighted by atomic mass is 10.2. The van der Waals surface area contributed by atoms with Crippen molar-refractivity contribution in [3.63, 3.8) is 0 Å². The third-order valence-corrected chi connectivity index (χ3v) is 2.59. The van der Waals surface area contributed by atoms with Crippen molar-refractivity contribution in [3.8, 4) is 11.6 Å². The number of aromatic nitrogens is 1. The highest BCUT2D eigenvalue weighted by molar-refractivity contribution is 5.35. The van der Waals surface area contributed by atoms with Crippen LogP contribution < -0.4 is 4.74 Å². The minimum Gasteiger partial charge on any atom is -0.439 e. The van der Waals surface area contributed by atoms with Crippen molar-refractivity contribution in [2.75, 3.05) is 0 Å². The molecular formula is C14H14FNO2. The highest BCUT2D eigenvalue weighted by Crippen LogP contribution is 2.24. The molecule has 0 fully saturated rings. The Labute approximate surface area is 105 Å². The van der Waals surface area contributed by atoms with Crippen molar-refractivity contribution in [2.45, 2.75) is 20.0 Å². The van der Waals surface area contributed by atoms with Crippen molar-refractivity contribution in [3.05, 3.63) is 53.5 Å². The Morgan fingerprint density at radius 3 is 2.61 bits per heavy atom. The zero-order valence-electron chi connectivity index (χ0n) is 10.2. The van der Waals surface area contributed by atoms with Crippen LogP contribution in [0.1, 0.15) is 24.2 Å². The van der Waals surface area contributed by atoms with Gasteiger partial charge in [0.2, 0.25) is 5.88 Å². The zero-order chi connectivity index (χ0) is 13.1. The number of aliphatic hydroxyl groups excluding tert-OH is 1. The topological polar surface area (TPSA) is 42.4 Å². The summed E-state index contributed by atoms with van der Waals surface area (Å²) >= 11 is 0. The van der Waals surface area contributed by atoms with Gasteiger partial charge in [-0.2, -0.15) is 0 Å². The first-order valence-corrected chi connectivity index (χ1v) is 5.64. The first kappa shape index (κ1) is 12.5. The van der Waals surface area contributed by atoms with Crippen LogP contribution in [-0.2, 0) is 0 Å². The van der Waals surface area contributed by atoms with Gasteiger partial charge in [-0.15, -0.1) is 0 Å². The van der Waals surface area contributed by atoms with Crippen molar-refractivity contribution in [2.24, 2.45) is 0 Å². The number of hydrogen-bond donors (Lipinski definition) is 1. The van der Waals surface area contributed by atoms with Gasteiger partial charge in [-0.1, -0.05) is 0 Å². The van der Waals surface area contributed by atoms with E-state index in [-0.39, 0.29) is 5.82 Å². The molecule has 0 saturated carbocycles. The van der Waals surface area contributed by atoms with Gasteiger partial charge in [0, 0.05) is 12.3 Å². The van der Waals surface area contributed by atoms with E-state index in [0.717, 1.165) is 5.56 Å². The molecule has 0 saturated heterocycles. The Morgan fingerprint density at radius 1 is 1.28 bits per heavy atom. The fraction of sp³-hybridized carbons (Fsp3) is 0.214. The van der Waals surface area contributed by atoms with Crippen LogP contribution in [-0.4, -0.2) is 10.1 Å². The Balaban J connectivity index is 2.18. The van der Waals surface area contributed by atoms with Crippen LogP contribution in [0, 0.1) is 12.7 Å². The Kier molecular flexibility index (Phi) is 3.58. The fourth-order valence-corrected chi connectivity index (χ4v) is 1.54. The predicted octanol–water partition coefficient (Wildman–Crippen LogP) is 3.37. The van der Waals surface area contributed by atoms with Crippen LogP contribution >= 0.6 is 0 Å². The molecule has 2 rings (SSSR count). The lowest BCUT2D eigenvalue weighted by Gasteiger charge is -2.09. The van der Waals surface area contributed by atoms with Crippen LogP contribution in [0.5, 0.6) is 11.6 Å². The van der Waals surface area contributed by atoms with Gasteiger partial charge in [0.1, 0.15) is 11.6 Å². The average molecular weight is 247 g/mol. The molecule has 0 amide bonds. The molecule has 0 unspecified atom stereocenters. The summed E-state index contributed by atoms with van der Waals surface area (Å²) in [6, 6.07) is 7.72. The second kappa shape index (κ2) is 5.14. The van der Waals surface area contributed by atoms with Crippen molar-refractivity contribution in [1.82, 2.24) is 4.98 Å². The zero-order valence-corrected chi connectivity index (χ0v) is 10.2. The Bertz CT molecular complexity index is 538. The number of rotatable bonds is 3. The molecular weight excluding hydrogens is 233 g/mol. The minimum absolute atomic E-state index is 0.294. The first-order valence-electron chi connectivity index (χ1n) is 5.64. The van der Waals surface area contributed by atoms with Crippen molar-refractivity contribution < 1.29 is 14.2 Å². The summed E-state index contributed by atoms with van der Waals surface area (Å²) in [5, 5.41) is 9.36. The van der Waals surface area contributed by atoms with Gasteiger partial charge in [-0.3, -0.25) is 0 Å². The first-order chi connectivity index (χ1) is 8.56. The predicted molar refractivity (Wildman–Crippen MR) is 66.1 cm³/mol. The summed E-state index contributed by atoms with van der Waals surface area (Å²) in [6.07, 6.45) is 0.998. The number of aryl methyl sites for hydroxylation is 1. The number of halogens is 1. The normalized spacial score (nSPS) is 12.2. The van der Waals surface area contributed by atoms with E-state index in [2.05, 4.69) is 4.98 Å². The number of pyridine rings is 1. The van der Waals surface area contributed by atoms with E-state index in [1.807, 2.05) is 0 Å². The number of aliphatic hydroxyl groups is 1. The molecule has 0 aliphatic heterocycles. The molecule has 1 heterocycles. The summed E-state index contributed by atoms with van der Waals surface area (Å²) in [7, 11) is 0. The molecule has 1 N–H and O–H groups in total. The van der Waals surface area contributed by atoms with Crippen LogP contribution in [0.15, 0.2) is 36.5 Å². The number of hydrogen-bond acceptors (Lipinski definition) is 3. The van der Waals surface area contributed by atoms with Crippen LogP contribution in [0.3, 0.4) is 0 Å². The van der Waals surface area contributed by atoms with Gasteiger partial charge in [0.05, 0.1) is 6.10 Å². The molecule has 1 aromatic carbocycles. The maximum atomic E-state index is 12.9. The van der Waals surface area contributed by atoms with E-state index in [9.17, 15) is 9.50 Å². The van der Waals surface area contributed by atoms with E-state index in [4.69, 9.17) is 4.74 Å². The largest absolute Gasteiger partial charge is 0.439 e. The standard InChI is InChI=1S/C14H14FNO2/c1-9-7-12(15)4-5-13(9)18-14-6-3-11(8-16-14)10(2)17/h3-8,10,17H,1-2H3/t10-/m1/s1. The summed E-state index contributed by atoms with van der Waals surface area (Å²) in [5.74, 6) is 0.681. The molecule has 3 nitrogen and oxygen atoms in total. The summed E-state index contributed by atoms with van der Waals surface area (Å²) in [6.45, 7) is 3.43. The molecule has 0 radical (unpaired) electrons. The van der Waals surface area contributed by atoms with Gasteiger partial charge >= 0.3 is 0 Å². The molecule has 1 aromatic heterocycles. The summed E-state index contributed by atoms with van der Waals surface area (Å²) < 4.78 is 18.5. The summed E-state index contributed by atoms with van der Waals surface area (Å²) in [4.78, 5) is 4.08. The second-order valence-electron chi connectivity index (χ2n) is 4.12. The number of nitrogens with zero attached hydrogens (tertiary/aromatic N) is 1. The Hall–Kier alpha value is -1.94. The molecule has 0 aliphatic rings. The number of ether oxygens (including phenoxy) is 1. The molecule has 4 heteroatoms. The van der Waals surface area contributed by atoms with E-state index < -0.39 is 6.10 Å². The molecule has 18 heavy (non-hydrogen) atoms. The maximum Gasteiger partial charge on any atom is 0.219 e. The SMILES string of the molecule is Cc1cc(F)ccc1Oc1ccc([C@@H](C)O)cn1. The third kappa shape index (κ3) is 2.84. The molecule has 1 atom stereocenters. The van der Waals surface area contributed by atoms with Gasteiger partial charge in [-0.25, -0.2) is 9.37 Å². The monoisotopic (exact) mass is 247 g/mol. The lowest BCUT2D eigenvalue weighted by Crippen LogP contribution is -1.94. The van der Waals surface area contributed by atoms with E-state index in [1.165, 1.54) is 12.1 Å². The van der Waals surface area contributed by atoms with E-state index >= 15 is 0 Å². The fourth-order valence-electron chi connectivity index (χ4n) is 1.54. The van der Waals surface area contributed by atoms with Gasteiger partial charge in [0.25, 0.3) is 0 Å². The second-order valence-corrected chi connectivity index (χ2v) is 4.12. The minimum atomic E-state index is -0.556. The quantitative estimate of drug-likeness (QED) is 0.904. The molecule has 2 aromatic rings. The smallest absolute Gasteiger partial charge is 0.219 e. The molecule has 94 valence electrons. The molecule has 0 bridgehead atoms. The van der Waals surface area contributed by atoms with Crippen molar-refractivity contribution >= 4 is 0 Å². The van der Waals surface area contributed by atoms with Crippen LogP contribution in [0.25, 0.3) is 0 Å². The van der Waals surface area contributed by atoms with E-state index in [0.29, 0.717) is 17.2 Å². The van der Waals surface area contributed by atoms with Crippen molar-refractivity contribution in [1.29, 1.82) is 0 Å². The average Bonchev–Trinajstić information content (AvgIpc) is 2.33. The maximum absolute atomic E-state index is 12.9. The number of benzene rings is 1. The molecule has 0 aliphatic carbocycles. The van der Waals surface area contributed by atoms with Gasteiger partial charge in [-0.05, 0) is 49.2 Å². The summed E-state index contributed by atoms with van der Waals surface area (Å²) in [5.41, 5.74) is 1.43. The van der Waals surface area contributed by atoms with Gasteiger partial charge < -0.3 is 9.84 Å². The highest BCUT2D eigenvalue weighted by Gasteiger charge is 2.05. The van der Waals surface area contributed by atoms with Crippen LogP contribution in [0.2, 0.25) is 0 Å². The molecule has 0 spiro atoms.